The first-order chi connectivity index (χ1) is 9.08. The number of nitrogens with zero attached hydrogens (tertiary/aromatic N) is 1. The fraction of sp³-hybridized carbons (Fsp3) is 0.417. The van der Waals surface area contributed by atoms with Crippen LogP contribution in [0.25, 0.3) is 0 Å². The van der Waals surface area contributed by atoms with Gasteiger partial charge in [-0.15, -0.1) is 0 Å². The molecule has 0 spiro atoms. The molecule has 0 fully saturated rings. The monoisotopic (exact) mass is 275 g/mol. The molecular formula is C12H15F2NO4. The zero-order valence-electron chi connectivity index (χ0n) is 10.2. The normalized spacial score (nSPS) is 10.3. The van der Waals surface area contributed by atoms with Crippen LogP contribution < -0.4 is 4.74 Å². The molecule has 1 rings (SSSR count). The van der Waals surface area contributed by atoms with Crippen LogP contribution in [0, 0.1) is 11.6 Å². The van der Waals surface area contributed by atoms with Gasteiger partial charge in [0.2, 0.25) is 0 Å². The van der Waals surface area contributed by atoms with Gasteiger partial charge in [0.15, 0.2) is 18.2 Å². The van der Waals surface area contributed by atoms with Crippen LogP contribution in [-0.4, -0.2) is 53.9 Å². The lowest BCUT2D eigenvalue weighted by atomic mass is 10.3. The van der Waals surface area contributed by atoms with E-state index in [1.807, 2.05) is 0 Å². The Kier molecular flexibility index (Phi) is 6.17. The van der Waals surface area contributed by atoms with Gasteiger partial charge in [0, 0.05) is 19.2 Å². The van der Waals surface area contributed by atoms with Gasteiger partial charge in [-0.25, -0.2) is 8.78 Å². The van der Waals surface area contributed by atoms with Gasteiger partial charge in [0.1, 0.15) is 5.82 Å². The van der Waals surface area contributed by atoms with E-state index in [2.05, 4.69) is 0 Å². The second-order valence-corrected chi connectivity index (χ2v) is 3.69. The number of rotatable bonds is 7. The van der Waals surface area contributed by atoms with Crippen LogP contribution in [0.3, 0.4) is 0 Å². The largest absolute Gasteiger partial charge is 0.481 e. The van der Waals surface area contributed by atoms with Crippen LogP contribution >= 0.6 is 0 Å². The zero-order valence-corrected chi connectivity index (χ0v) is 10.2. The number of aliphatic hydroxyl groups is 2. The number of aliphatic hydroxyl groups excluding tert-OH is 2. The molecule has 1 aromatic rings. The van der Waals surface area contributed by atoms with Crippen molar-refractivity contribution < 1.29 is 28.5 Å². The van der Waals surface area contributed by atoms with Crippen LogP contribution in [0.5, 0.6) is 5.75 Å². The Morgan fingerprint density at radius 1 is 1.21 bits per heavy atom. The van der Waals surface area contributed by atoms with Crippen molar-refractivity contribution in [2.24, 2.45) is 0 Å². The third-order valence-electron chi connectivity index (χ3n) is 2.34. The number of halogens is 2. The highest BCUT2D eigenvalue weighted by Crippen LogP contribution is 2.17. The van der Waals surface area contributed by atoms with E-state index in [9.17, 15) is 13.6 Å². The lowest BCUT2D eigenvalue weighted by Gasteiger charge is -2.20. The summed E-state index contributed by atoms with van der Waals surface area (Å²) in [6.07, 6.45) is 0. The van der Waals surface area contributed by atoms with Crippen molar-refractivity contribution in [3.05, 3.63) is 29.8 Å². The number of benzene rings is 1. The lowest BCUT2D eigenvalue weighted by Crippen LogP contribution is -2.38. The van der Waals surface area contributed by atoms with Crippen molar-refractivity contribution in [1.29, 1.82) is 0 Å². The van der Waals surface area contributed by atoms with Crippen LogP contribution in [-0.2, 0) is 4.79 Å². The summed E-state index contributed by atoms with van der Waals surface area (Å²) in [5.74, 6) is -2.38. The number of carbonyl (C=O) groups excluding carboxylic acids is 1. The average molecular weight is 275 g/mol. The average Bonchev–Trinajstić information content (AvgIpc) is 2.37. The molecule has 0 aliphatic rings. The molecule has 1 aromatic carbocycles. The number of amides is 1. The highest BCUT2D eigenvalue weighted by molar-refractivity contribution is 5.77. The van der Waals surface area contributed by atoms with Crippen molar-refractivity contribution in [3.8, 4) is 5.75 Å². The van der Waals surface area contributed by atoms with Crippen molar-refractivity contribution >= 4 is 5.91 Å². The van der Waals surface area contributed by atoms with E-state index in [-0.39, 0.29) is 32.1 Å². The van der Waals surface area contributed by atoms with E-state index in [1.54, 1.807) is 0 Å². The van der Waals surface area contributed by atoms with Crippen LogP contribution in [0.4, 0.5) is 8.78 Å². The Bertz CT molecular complexity index is 422. The van der Waals surface area contributed by atoms with E-state index < -0.39 is 24.1 Å². The molecule has 5 nitrogen and oxygen atoms in total. The van der Waals surface area contributed by atoms with Gasteiger partial charge >= 0.3 is 0 Å². The summed E-state index contributed by atoms with van der Waals surface area (Å²) < 4.78 is 30.8. The van der Waals surface area contributed by atoms with Gasteiger partial charge in [0.25, 0.3) is 5.91 Å². The topological polar surface area (TPSA) is 70.0 Å². The van der Waals surface area contributed by atoms with Crippen molar-refractivity contribution in [2.75, 3.05) is 32.9 Å². The minimum atomic E-state index is -0.899. The summed E-state index contributed by atoms with van der Waals surface area (Å²) in [7, 11) is 0. The Morgan fingerprint density at radius 2 is 1.84 bits per heavy atom. The molecule has 0 aliphatic heterocycles. The van der Waals surface area contributed by atoms with Gasteiger partial charge in [0.05, 0.1) is 13.2 Å². The Hall–Kier alpha value is -1.73. The smallest absolute Gasteiger partial charge is 0.260 e. The molecule has 0 bridgehead atoms. The highest BCUT2D eigenvalue weighted by atomic mass is 19.1. The van der Waals surface area contributed by atoms with Gasteiger partial charge in [-0.2, -0.15) is 0 Å². The number of ether oxygens (including phenoxy) is 1. The Morgan fingerprint density at radius 3 is 2.37 bits per heavy atom. The molecule has 0 unspecified atom stereocenters. The van der Waals surface area contributed by atoms with Gasteiger partial charge < -0.3 is 19.8 Å². The summed E-state index contributed by atoms with van der Waals surface area (Å²) in [5.41, 5.74) is 0. The number of hydrogen-bond donors (Lipinski definition) is 2. The Balaban J connectivity index is 2.56. The van der Waals surface area contributed by atoms with Gasteiger partial charge in [-0.05, 0) is 12.1 Å². The van der Waals surface area contributed by atoms with E-state index in [0.29, 0.717) is 6.07 Å². The molecular weight excluding hydrogens is 260 g/mol. The first kappa shape index (κ1) is 15.3. The maximum atomic E-state index is 13.2. The molecule has 0 aromatic heterocycles. The van der Waals surface area contributed by atoms with E-state index in [4.69, 9.17) is 14.9 Å². The molecule has 0 saturated heterocycles. The number of hydrogen-bond acceptors (Lipinski definition) is 4. The molecule has 2 N–H and O–H groups in total. The molecule has 1 amide bonds. The molecule has 106 valence electrons. The van der Waals surface area contributed by atoms with Crippen molar-refractivity contribution in [1.82, 2.24) is 4.90 Å². The fourth-order valence-corrected chi connectivity index (χ4v) is 1.43. The van der Waals surface area contributed by atoms with Crippen LogP contribution in [0.2, 0.25) is 0 Å². The third kappa shape index (κ3) is 4.80. The van der Waals surface area contributed by atoms with E-state index >= 15 is 0 Å². The molecule has 19 heavy (non-hydrogen) atoms. The SMILES string of the molecule is O=C(COc1ccc(F)cc1F)N(CCO)CCO. The molecule has 0 saturated carbocycles. The maximum Gasteiger partial charge on any atom is 0.260 e. The van der Waals surface area contributed by atoms with Crippen LogP contribution in [0.1, 0.15) is 0 Å². The minimum Gasteiger partial charge on any atom is -0.481 e. The summed E-state index contributed by atoms with van der Waals surface area (Å²) in [6.45, 7) is -0.862. The molecule has 0 aliphatic carbocycles. The summed E-state index contributed by atoms with van der Waals surface area (Å²) in [5, 5.41) is 17.5. The summed E-state index contributed by atoms with van der Waals surface area (Å²) in [4.78, 5) is 12.8. The standard InChI is InChI=1S/C12H15F2NO4/c13-9-1-2-11(10(14)7-9)19-8-12(18)15(3-5-16)4-6-17/h1-2,7,16-17H,3-6,8H2. The molecule has 0 radical (unpaired) electrons. The first-order valence-electron chi connectivity index (χ1n) is 5.65. The van der Waals surface area contributed by atoms with E-state index in [1.165, 1.54) is 4.90 Å². The van der Waals surface area contributed by atoms with Gasteiger partial charge in [-0.1, -0.05) is 0 Å². The third-order valence-corrected chi connectivity index (χ3v) is 2.34. The van der Waals surface area contributed by atoms with Crippen molar-refractivity contribution in [2.45, 2.75) is 0 Å². The second-order valence-electron chi connectivity index (χ2n) is 3.69. The first-order valence-corrected chi connectivity index (χ1v) is 5.65. The molecule has 0 atom stereocenters. The molecule has 0 heterocycles. The fourth-order valence-electron chi connectivity index (χ4n) is 1.43. The Labute approximate surface area is 109 Å². The predicted molar refractivity (Wildman–Crippen MR) is 62.6 cm³/mol. The maximum absolute atomic E-state index is 13.2. The predicted octanol–water partition coefficient (Wildman–Crippen LogP) is 0.157. The van der Waals surface area contributed by atoms with Crippen molar-refractivity contribution in [3.63, 3.8) is 0 Å². The molecule has 7 heteroatoms. The highest BCUT2D eigenvalue weighted by Gasteiger charge is 2.14. The summed E-state index contributed by atoms with van der Waals surface area (Å²) in [6, 6.07) is 2.75. The van der Waals surface area contributed by atoms with E-state index in [0.717, 1.165) is 12.1 Å². The minimum absolute atomic E-state index is 0.0503. The second kappa shape index (κ2) is 7.65. The quantitative estimate of drug-likeness (QED) is 0.743. The van der Waals surface area contributed by atoms with Gasteiger partial charge in [-0.3, -0.25) is 4.79 Å². The van der Waals surface area contributed by atoms with Crippen LogP contribution in [0.15, 0.2) is 18.2 Å². The number of carbonyl (C=O) groups is 1. The lowest BCUT2D eigenvalue weighted by molar-refractivity contribution is -0.134. The summed E-state index contributed by atoms with van der Waals surface area (Å²) >= 11 is 0. The zero-order chi connectivity index (χ0) is 14.3.